The minimum absolute atomic E-state index is 0.00696. The lowest BCUT2D eigenvalue weighted by atomic mass is 10.2. The number of amides is 1. The van der Waals surface area contributed by atoms with Crippen molar-refractivity contribution < 1.29 is 14.3 Å². The summed E-state index contributed by atoms with van der Waals surface area (Å²) in [5, 5.41) is 2.83. The maximum absolute atomic E-state index is 11.7. The molecule has 0 radical (unpaired) electrons. The van der Waals surface area contributed by atoms with Crippen LogP contribution in [-0.2, 0) is 9.53 Å². The Morgan fingerprint density at radius 2 is 2.15 bits per heavy atom. The van der Waals surface area contributed by atoms with E-state index >= 15 is 0 Å². The van der Waals surface area contributed by atoms with Gasteiger partial charge in [-0.15, -0.1) is 0 Å². The molecule has 4 nitrogen and oxygen atoms in total. The van der Waals surface area contributed by atoms with Gasteiger partial charge in [0, 0.05) is 13.2 Å². The average Bonchev–Trinajstić information content (AvgIpc) is 2.88. The highest BCUT2D eigenvalue weighted by molar-refractivity contribution is 9.11. The molecule has 0 saturated carbocycles. The molecule has 2 rings (SSSR count). The van der Waals surface area contributed by atoms with Crippen molar-refractivity contribution in [1.82, 2.24) is 5.32 Å². The largest absolute Gasteiger partial charge is 0.481 e. The van der Waals surface area contributed by atoms with Crippen LogP contribution in [0.2, 0.25) is 0 Å². The van der Waals surface area contributed by atoms with Crippen LogP contribution in [0.4, 0.5) is 0 Å². The molecule has 1 aromatic rings. The maximum atomic E-state index is 11.7. The molecule has 1 aliphatic heterocycles. The van der Waals surface area contributed by atoms with Gasteiger partial charge in [-0.05, 0) is 69.3 Å². The van der Waals surface area contributed by atoms with Crippen molar-refractivity contribution in [3.05, 3.63) is 26.6 Å². The zero-order valence-corrected chi connectivity index (χ0v) is 14.4. The lowest BCUT2D eigenvalue weighted by Crippen LogP contribution is -2.35. The lowest BCUT2D eigenvalue weighted by Gasteiger charge is -2.13. The highest BCUT2D eigenvalue weighted by atomic mass is 79.9. The summed E-state index contributed by atoms with van der Waals surface area (Å²) in [6, 6.07) is 3.90. The van der Waals surface area contributed by atoms with Crippen LogP contribution in [0.1, 0.15) is 18.4 Å². The summed E-state index contributed by atoms with van der Waals surface area (Å²) in [7, 11) is 0. The number of aryl methyl sites for hydroxylation is 1. The summed E-state index contributed by atoms with van der Waals surface area (Å²) in [5.74, 6) is 0.503. The fourth-order valence-electron chi connectivity index (χ4n) is 2.05. The molecule has 0 unspecified atom stereocenters. The molecule has 1 fully saturated rings. The van der Waals surface area contributed by atoms with Crippen LogP contribution in [0.5, 0.6) is 5.75 Å². The van der Waals surface area contributed by atoms with Crippen LogP contribution >= 0.6 is 31.9 Å². The number of carbonyl (C=O) groups excluding carboxylic acids is 1. The van der Waals surface area contributed by atoms with Crippen LogP contribution in [0.25, 0.3) is 0 Å². The van der Waals surface area contributed by atoms with Gasteiger partial charge in [0.2, 0.25) is 0 Å². The predicted molar refractivity (Wildman–Crippen MR) is 84.1 cm³/mol. The van der Waals surface area contributed by atoms with Gasteiger partial charge in [-0.25, -0.2) is 0 Å². The second kappa shape index (κ2) is 7.43. The number of nitrogens with one attached hydrogen (secondary N) is 1. The molecule has 20 heavy (non-hydrogen) atoms. The van der Waals surface area contributed by atoms with Gasteiger partial charge in [0.15, 0.2) is 6.61 Å². The average molecular weight is 407 g/mol. The highest BCUT2D eigenvalue weighted by Gasteiger charge is 2.16. The Labute approximate surface area is 135 Å². The first-order valence-corrected chi connectivity index (χ1v) is 8.11. The third-order valence-corrected chi connectivity index (χ3v) is 4.22. The first kappa shape index (κ1) is 15.8. The van der Waals surface area contributed by atoms with Crippen LogP contribution < -0.4 is 10.1 Å². The van der Waals surface area contributed by atoms with E-state index in [9.17, 15) is 4.79 Å². The van der Waals surface area contributed by atoms with Crippen LogP contribution in [0.3, 0.4) is 0 Å². The van der Waals surface area contributed by atoms with Gasteiger partial charge in [0.1, 0.15) is 5.75 Å². The minimum atomic E-state index is -0.139. The summed E-state index contributed by atoms with van der Waals surface area (Å²) in [5.41, 5.74) is 1.11. The molecule has 1 heterocycles. The Balaban J connectivity index is 1.81. The van der Waals surface area contributed by atoms with E-state index < -0.39 is 0 Å². The van der Waals surface area contributed by atoms with E-state index in [0.29, 0.717) is 12.3 Å². The van der Waals surface area contributed by atoms with E-state index in [2.05, 4.69) is 37.2 Å². The Morgan fingerprint density at radius 1 is 1.45 bits per heavy atom. The zero-order chi connectivity index (χ0) is 14.5. The van der Waals surface area contributed by atoms with Crippen molar-refractivity contribution in [2.75, 3.05) is 19.8 Å². The summed E-state index contributed by atoms with van der Waals surface area (Å²) in [4.78, 5) is 11.7. The van der Waals surface area contributed by atoms with E-state index in [1.54, 1.807) is 0 Å². The molecule has 0 bridgehead atoms. The SMILES string of the molecule is Cc1cc(Br)c(OCC(=O)NC[C@H]2CCCO2)c(Br)c1. The fraction of sp³-hybridized carbons (Fsp3) is 0.500. The quantitative estimate of drug-likeness (QED) is 0.816. The van der Waals surface area contributed by atoms with Gasteiger partial charge < -0.3 is 14.8 Å². The van der Waals surface area contributed by atoms with Crippen molar-refractivity contribution in [3.8, 4) is 5.75 Å². The first-order chi connectivity index (χ1) is 9.56. The summed E-state index contributed by atoms with van der Waals surface area (Å²) < 4.78 is 12.7. The van der Waals surface area contributed by atoms with Gasteiger partial charge in [-0.1, -0.05) is 0 Å². The van der Waals surface area contributed by atoms with Gasteiger partial charge in [-0.3, -0.25) is 4.79 Å². The fourth-order valence-corrected chi connectivity index (χ4v) is 3.69. The molecule has 1 saturated heterocycles. The number of hydrogen-bond donors (Lipinski definition) is 1. The predicted octanol–water partition coefficient (Wildman–Crippen LogP) is 3.19. The normalized spacial score (nSPS) is 18.1. The van der Waals surface area contributed by atoms with Gasteiger partial charge in [-0.2, -0.15) is 0 Å². The molecule has 110 valence electrons. The number of benzene rings is 1. The number of rotatable bonds is 5. The minimum Gasteiger partial charge on any atom is -0.481 e. The van der Waals surface area contributed by atoms with E-state index in [1.807, 2.05) is 19.1 Å². The number of ether oxygens (including phenoxy) is 2. The third-order valence-electron chi connectivity index (χ3n) is 3.04. The van der Waals surface area contributed by atoms with Crippen molar-refractivity contribution in [1.29, 1.82) is 0 Å². The molecule has 1 amide bonds. The molecule has 1 aliphatic rings. The Kier molecular flexibility index (Phi) is 5.86. The molecular formula is C14H17Br2NO3. The first-order valence-electron chi connectivity index (χ1n) is 6.53. The third kappa shape index (κ3) is 4.46. The molecule has 1 aromatic carbocycles. The van der Waals surface area contributed by atoms with Crippen LogP contribution in [0.15, 0.2) is 21.1 Å². The molecule has 0 spiro atoms. The maximum Gasteiger partial charge on any atom is 0.258 e. The van der Waals surface area contributed by atoms with Gasteiger partial charge in [0.25, 0.3) is 5.91 Å². The van der Waals surface area contributed by atoms with Crippen molar-refractivity contribution >= 4 is 37.8 Å². The molecular weight excluding hydrogens is 390 g/mol. The molecule has 0 aliphatic carbocycles. The lowest BCUT2D eigenvalue weighted by molar-refractivity contribution is -0.123. The summed E-state index contributed by atoms with van der Waals surface area (Å²) in [6.07, 6.45) is 2.23. The number of halogens is 2. The Morgan fingerprint density at radius 3 is 2.75 bits per heavy atom. The molecule has 0 aromatic heterocycles. The molecule has 1 N–H and O–H groups in total. The van der Waals surface area contributed by atoms with Crippen molar-refractivity contribution in [2.24, 2.45) is 0 Å². The van der Waals surface area contributed by atoms with E-state index in [4.69, 9.17) is 9.47 Å². The molecule has 1 atom stereocenters. The van der Waals surface area contributed by atoms with Gasteiger partial charge >= 0.3 is 0 Å². The van der Waals surface area contributed by atoms with Crippen molar-refractivity contribution in [2.45, 2.75) is 25.9 Å². The van der Waals surface area contributed by atoms with Crippen LogP contribution in [-0.4, -0.2) is 31.8 Å². The Bertz CT molecular complexity index is 464. The van der Waals surface area contributed by atoms with Gasteiger partial charge in [0.05, 0.1) is 15.0 Å². The standard InChI is InChI=1S/C14H17Br2NO3/c1-9-5-11(15)14(12(16)6-9)20-8-13(18)17-7-10-3-2-4-19-10/h5-6,10H,2-4,7-8H2,1H3,(H,17,18)/t10-/m1/s1. The number of hydrogen-bond acceptors (Lipinski definition) is 3. The Hall–Kier alpha value is -0.590. The number of carbonyl (C=O) groups is 1. The second-order valence-electron chi connectivity index (χ2n) is 4.79. The summed E-state index contributed by atoms with van der Waals surface area (Å²) >= 11 is 6.87. The molecule has 6 heteroatoms. The van der Waals surface area contributed by atoms with Crippen molar-refractivity contribution in [3.63, 3.8) is 0 Å². The topological polar surface area (TPSA) is 47.6 Å². The van der Waals surface area contributed by atoms with E-state index in [0.717, 1.165) is 34.0 Å². The van der Waals surface area contributed by atoms with E-state index in [1.165, 1.54) is 0 Å². The summed E-state index contributed by atoms with van der Waals surface area (Å²) in [6.45, 7) is 3.33. The van der Waals surface area contributed by atoms with E-state index in [-0.39, 0.29) is 18.6 Å². The smallest absolute Gasteiger partial charge is 0.258 e. The van der Waals surface area contributed by atoms with Crippen LogP contribution in [0, 0.1) is 6.92 Å². The monoisotopic (exact) mass is 405 g/mol. The highest BCUT2D eigenvalue weighted by Crippen LogP contribution is 2.34. The second-order valence-corrected chi connectivity index (χ2v) is 6.49. The zero-order valence-electron chi connectivity index (χ0n) is 11.2.